The minimum absolute atomic E-state index is 0.263. The van der Waals surface area contributed by atoms with Gasteiger partial charge in [-0.15, -0.1) is 5.10 Å². The summed E-state index contributed by atoms with van der Waals surface area (Å²) in [6, 6.07) is 4.78. The molecule has 4 nitrogen and oxygen atoms in total. The third-order valence-electron chi connectivity index (χ3n) is 2.19. The van der Waals surface area contributed by atoms with Crippen molar-refractivity contribution in [1.29, 1.82) is 0 Å². The molecule has 1 N–H and O–H groups in total. The third kappa shape index (κ3) is 2.25. The van der Waals surface area contributed by atoms with Gasteiger partial charge in [0.1, 0.15) is 5.82 Å². The van der Waals surface area contributed by atoms with Crippen LogP contribution in [0.3, 0.4) is 0 Å². The first-order chi connectivity index (χ1) is 7.69. The van der Waals surface area contributed by atoms with E-state index in [1.54, 1.807) is 10.9 Å². The molecule has 0 radical (unpaired) electrons. The average molecular weight is 220 g/mol. The van der Waals surface area contributed by atoms with E-state index >= 15 is 0 Å². The molecule has 0 unspecified atom stereocenters. The summed E-state index contributed by atoms with van der Waals surface area (Å²) in [5, 5.41) is 10.9. The Kier molecular flexibility index (Phi) is 2.96. The van der Waals surface area contributed by atoms with E-state index in [0.717, 1.165) is 11.3 Å². The lowest BCUT2D eigenvalue weighted by Gasteiger charge is -2.01. The molecule has 0 saturated carbocycles. The maximum Gasteiger partial charge on any atom is 0.125 e. The number of hydrogen-bond donors (Lipinski definition) is 1. The Hall–Kier alpha value is -1.75. The maximum atomic E-state index is 13.2. The van der Waals surface area contributed by atoms with Crippen LogP contribution < -0.4 is 5.32 Å². The average Bonchev–Trinajstić information content (AvgIpc) is 2.65. The van der Waals surface area contributed by atoms with Crippen LogP contribution in [0.1, 0.15) is 11.3 Å². The number of hydrogen-bond acceptors (Lipinski definition) is 3. The molecular weight excluding hydrogens is 207 g/mol. The number of halogens is 1. The van der Waals surface area contributed by atoms with E-state index in [1.807, 2.05) is 20.0 Å². The van der Waals surface area contributed by atoms with E-state index < -0.39 is 0 Å². The van der Waals surface area contributed by atoms with Crippen molar-refractivity contribution < 1.29 is 4.39 Å². The largest absolute Gasteiger partial charge is 0.314 e. The zero-order valence-corrected chi connectivity index (χ0v) is 9.24. The van der Waals surface area contributed by atoms with Gasteiger partial charge >= 0.3 is 0 Å². The summed E-state index contributed by atoms with van der Waals surface area (Å²) >= 11 is 0. The van der Waals surface area contributed by atoms with Crippen molar-refractivity contribution in [3.8, 4) is 5.69 Å². The minimum Gasteiger partial charge on any atom is -0.314 e. The summed E-state index contributed by atoms with van der Waals surface area (Å²) in [6.07, 6.45) is 1.78. The zero-order valence-electron chi connectivity index (χ0n) is 9.24. The molecule has 1 heterocycles. The van der Waals surface area contributed by atoms with Crippen molar-refractivity contribution in [1.82, 2.24) is 20.3 Å². The highest BCUT2D eigenvalue weighted by Crippen LogP contribution is 2.12. The van der Waals surface area contributed by atoms with Crippen molar-refractivity contribution in [2.75, 3.05) is 7.05 Å². The number of nitrogens with zero attached hydrogens (tertiary/aromatic N) is 3. The second-order valence-electron chi connectivity index (χ2n) is 3.67. The predicted molar refractivity (Wildman–Crippen MR) is 58.8 cm³/mol. The van der Waals surface area contributed by atoms with E-state index in [9.17, 15) is 4.39 Å². The highest BCUT2D eigenvalue weighted by atomic mass is 19.1. The van der Waals surface area contributed by atoms with Gasteiger partial charge < -0.3 is 5.32 Å². The van der Waals surface area contributed by atoms with Gasteiger partial charge in [-0.2, -0.15) is 0 Å². The number of nitrogens with one attached hydrogen (secondary N) is 1. The summed E-state index contributed by atoms with van der Waals surface area (Å²) in [5.74, 6) is -0.263. The normalized spacial score (nSPS) is 10.7. The van der Waals surface area contributed by atoms with Gasteiger partial charge in [0.05, 0.1) is 17.6 Å². The molecule has 5 heteroatoms. The number of aromatic nitrogens is 3. The van der Waals surface area contributed by atoms with Gasteiger partial charge in [-0.25, -0.2) is 9.07 Å². The van der Waals surface area contributed by atoms with Crippen LogP contribution in [0.25, 0.3) is 5.69 Å². The van der Waals surface area contributed by atoms with E-state index in [1.165, 1.54) is 12.1 Å². The van der Waals surface area contributed by atoms with Gasteiger partial charge in [-0.3, -0.25) is 0 Å². The molecule has 0 aliphatic heterocycles. The van der Waals surface area contributed by atoms with Crippen molar-refractivity contribution in [3.05, 3.63) is 41.5 Å². The van der Waals surface area contributed by atoms with Crippen molar-refractivity contribution in [3.63, 3.8) is 0 Å². The molecule has 84 valence electrons. The van der Waals surface area contributed by atoms with Crippen molar-refractivity contribution in [2.45, 2.75) is 13.5 Å². The van der Waals surface area contributed by atoms with Crippen LogP contribution in [0.4, 0.5) is 4.39 Å². The fraction of sp³-hybridized carbons (Fsp3) is 0.273. The highest BCUT2D eigenvalue weighted by Gasteiger charge is 2.04. The van der Waals surface area contributed by atoms with Crippen LogP contribution in [-0.4, -0.2) is 22.0 Å². The van der Waals surface area contributed by atoms with Gasteiger partial charge in [0.2, 0.25) is 0 Å². The molecule has 16 heavy (non-hydrogen) atoms. The van der Waals surface area contributed by atoms with E-state index in [4.69, 9.17) is 0 Å². The number of benzene rings is 1. The molecule has 0 aliphatic rings. The first-order valence-electron chi connectivity index (χ1n) is 5.02. The first kappa shape index (κ1) is 10.8. The molecule has 0 bridgehead atoms. The quantitative estimate of drug-likeness (QED) is 0.851. The van der Waals surface area contributed by atoms with Crippen LogP contribution in [0.5, 0.6) is 0 Å². The van der Waals surface area contributed by atoms with Gasteiger partial charge in [0.15, 0.2) is 0 Å². The molecular formula is C11H13FN4. The predicted octanol–water partition coefficient (Wildman–Crippen LogP) is 1.43. The van der Waals surface area contributed by atoms with Crippen LogP contribution >= 0.6 is 0 Å². The fourth-order valence-corrected chi connectivity index (χ4v) is 1.54. The number of aryl methyl sites for hydroxylation is 1. The molecule has 1 aromatic heterocycles. The van der Waals surface area contributed by atoms with Gasteiger partial charge in [0.25, 0.3) is 0 Å². The van der Waals surface area contributed by atoms with Crippen LogP contribution in [0.15, 0.2) is 24.4 Å². The van der Waals surface area contributed by atoms with E-state index in [0.29, 0.717) is 12.2 Å². The highest BCUT2D eigenvalue weighted by molar-refractivity contribution is 5.35. The summed E-state index contributed by atoms with van der Waals surface area (Å²) in [4.78, 5) is 0. The molecule has 0 fully saturated rings. The standard InChI is InChI=1S/C11H13FN4/c1-8-3-9(12)5-11(4-8)16-7-10(6-13-2)14-15-16/h3-5,7,13H,6H2,1-2H3. The topological polar surface area (TPSA) is 42.7 Å². The smallest absolute Gasteiger partial charge is 0.125 e. The second kappa shape index (κ2) is 4.40. The minimum atomic E-state index is -0.263. The second-order valence-corrected chi connectivity index (χ2v) is 3.67. The van der Waals surface area contributed by atoms with Crippen LogP contribution in [0, 0.1) is 12.7 Å². The fourth-order valence-electron chi connectivity index (χ4n) is 1.54. The molecule has 1 aromatic carbocycles. The van der Waals surface area contributed by atoms with Gasteiger partial charge in [0, 0.05) is 6.54 Å². The monoisotopic (exact) mass is 220 g/mol. The van der Waals surface area contributed by atoms with Crippen molar-refractivity contribution in [2.24, 2.45) is 0 Å². The summed E-state index contributed by atoms with van der Waals surface area (Å²) in [6.45, 7) is 2.49. The van der Waals surface area contributed by atoms with Gasteiger partial charge in [-0.05, 0) is 37.7 Å². The molecule has 0 saturated heterocycles. The molecule has 0 aliphatic carbocycles. The first-order valence-corrected chi connectivity index (χ1v) is 5.02. The Balaban J connectivity index is 2.34. The summed E-state index contributed by atoms with van der Waals surface area (Å²) < 4.78 is 14.8. The summed E-state index contributed by atoms with van der Waals surface area (Å²) in [7, 11) is 1.84. The molecule has 2 aromatic rings. The number of rotatable bonds is 3. The lowest BCUT2D eigenvalue weighted by atomic mass is 10.2. The Labute approximate surface area is 93.1 Å². The summed E-state index contributed by atoms with van der Waals surface area (Å²) in [5.41, 5.74) is 2.37. The molecule has 0 amide bonds. The Bertz CT molecular complexity index is 472. The lowest BCUT2D eigenvalue weighted by molar-refractivity contribution is 0.623. The Morgan fingerprint density at radius 3 is 2.88 bits per heavy atom. The van der Waals surface area contributed by atoms with E-state index in [-0.39, 0.29) is 5.82 Å². The Morgan fingerprint density at radius 1 is 1.38 bits per heavy atom. The molecule has 2 rings (SSSR count). The molecule has 0 atom stereocenters. The SMILES string of the molecule is CNCc1cn(-c2cc(C)cc(F)c2)nn1. The van der Waals surface area contributed by atoms with E-state index in [2.05, 4.69) is 15.6 Å². The zero-order chi connectivity index (χ0) is 11.5. The van der Waals surface area contributed by atoms with Crippen molar-refractivity contribution >= 4 is 0 Å². The van der Waals surface area contributed by atoms with Crippen LogP contribution in [0.2, 0.25) is 0 Å². The van der Waals surface area contributed by atoms with Crippen LogP contribution in [-0.2, 0) is 6.54 Å². The van der Waals surface area contributed by atoms with Gasteiger partial charge in [-0.1, -0.05) is 5.21 Å². The molecule has 0 spiro atoms. The third-order valence-corrected chi connectivity index (χ3v) is 2.19. The lowest BCUT2D eigenvalue weighted by Crippen LogP contribution is -2.05. The Morgan fingerprint density at radius 2 is 2.19 bits per heavy atom. The maximum absolute atomic E-state index is 13.2.